The molecule has 2 aromatic carbocycles. The maximum atomic E-state index is 12.8. The van der Waals surface area contributed by atoms with Crippen molar-refractivity contribution in [1.82, 2.24) is 5.32 Å². The van der Waals surface area contributed by atoms with Crippen LogP contribution in [0.4, 0.5) is 11.4 Å². The van der Waals surface area contributed by atoms with Gasteiger partial charge in [0.1, 0.15) is 5.75 Å². The van der Waals surface area contributed by atoms with Gasteiger partial charge in [0.15, 0.2) is 0 Å². The number of rotatable bonds is 5. The predicted octanol–water partition coefficient (Wildman–Crippen LogP) is 2.90. The molecule has 2 fully saturated rings. The standard InChI is InChI=1S/C21H24ClN3O4S/c1-29-20-7-6-16(22)13-19(20)24-10-8-17(14-24)23-21(26)15-4-2-5-18(12-15)25-9-3-11-30(25,27)28/h2,4-7,12-13,17H,3,8-11,14H2,1H3,(H,23,26). The number of nitrogens with zero attached hydrogens (tertiary/aromatic N) is 2. The van der Waals surface area contributed by atoms with E-state index in [1.807, 2.05) is 12.1 Å². The zero-order chi connectivity index (χ0) is 21.3. The molecule has 0 aliphatic carbocycles. The van der Waals surface area contributed by atoms with Gasteiger partial charge in [-0.3, -0.25) is 9.10 Å². The Hall–Kier alpha value is -2.45. The fourth-order valence-corrected chi connectivity index (χ4v) is 5.73. The number of ether oxygens (including phenoxy) is 1. The highest BCUT2D eigenvalue weighted by Gasteiger charge is 2.30. The molecule has 2 heterocycles. The van der Waals surface area contributed by atoms with E-state index in [0.29, 0.717) is 35.8 Å². The van der Waals surface area contributed by atoms with Crippen LogP contribution in [0.15, 0.2) is 42.5 Å². The third-order valence-electron chi connectivity index (χ3n) is 5.50. The first kappa shape index (κ1) is 20.8. The number of halogens is 1. The minimum Gasteiger partial charge on any atom is -0.495 e. The van der Waals surface area contributed by atoms with Gasteiger partial charge in [-0.05, 0) is 49.2 Å². The quantitative estimate of drug-likeness (QED) is 0.759. The Kier molecular flexibility index (Phi) is 5.79. The summed E-state index contributed by atoms with van der Waals surface area (Å²) in [4.78, 5) is 14.9. The molecule has 1 unspecified atom stereocenters. The van der Waals surface area contributed by atoms with Crippen molar-refractivity contribution in [2.24, 2.45) is 0 Å². The molecule has 0 radical (unpaired) electrons. The highest BCUT2D eigenvalue weighted by molar-refractivity contribution is 7.93. The number of carbonyl (C=O) groups excluding carboxylic acids is 1. The van der Waals surface area contributed by atoms with Crippen LogP contribution in [0.25, 0.3) is 0 Å². The second kappa shape index (κ2) is 8.35. The Morgan fingerprint density at radius 1 is 1.20 bits per heavy atom. The molecule has 4 rings (SSSR count). The Morgan fingerprint density at radius 3 is 2.77 bits per heavy atom. The average Bonchev–Trinajstić information content (AvgIpc) is 3.33. The number of nitrogens with one attached hydrogen (secondary N) is 1. The number of hydrogen-bond donors (Lipinski definition) is 1. The van der Waals surface area contributed by atoms with Crippen molar-refractivity contribution in [3.8, 4) is 5.75 Å². The van der Waals surface area contributed by atoms with Gasteiger partial charge in [0.25, 0.3) is 5.91 Å². The second-order valence-corrected chi connectivity index (χ2v) is 9.96. The van der Waals surface area contributed by atoms with Gasteiger partial charge in [-0.1, -0.05) is 17.7 Å². The minimum absolute atomic E-state index is 0.0274. The van der Waals surface area contributed by atoms with Crippen LogP contribution in [-0.4, -0.2) is 52.9 Å². The van der Waals surface area contributed by atoms with E-state index in [2.05, 4.69) is 10.2 Å². The number of hydrogen-bond acceptors (Lipinski definition) is 5. The molecule has 0 spiro atoms. The summed E-state index contributed by atoms with van der Waals surface area (Å²) in [5.74, 6) is 0.679. The Bertz CT molecular complexity index is 1060. The maximum Gasteiger partial charge on any atom is 0.251 e. The first-order chi connectivity index (χ1) is 14.4. The van der Waals surface area contributed by atoms with Gasteiger partial charge in [-0.2, -0.15) is 0 Å². The summed E-state index contributed by atoms with van der Waals surface area (Å²) < 4.78 is 31.2. The molecule has 1 atom stereocenters. The van der Waals surface area contributed by atoms with Crippen LogP contribution in [0.1, 0.15) is 23.2 Å². The van der Waals surface area contributed by atoms with Crippen molar-refractivity contribution in [2.45, 2.75) is 18.9 Å². The number of anilines is 2. The monoisotopic (exact) mass is 449 g/mol. The van der Waals surface area contributed by atoms with Crippen molar-refractivity contribution in [3.63, 3.8) is 0 Å². The van der Waals surface area contributed by atoms with Gasteiger partial charge in [-0.25, -0.2) is 8.42 Å². The van der Waals surface area contributed by atoms with Crippen molar-refractivity contribution in [1.29, 1.82) is 0 Å². The Balaban J connectivity index is 1.44. The smallest absolute Gasteiger partial charge is 0.251 e. The van der Waals surface area contributed by atoms with Crippen molar-refractivity contribution in [3.05, 3.63) is 53.1 Å². The van der Waals surface area contributed by atoms with Crippen LogP contribution in [0.2, 0.25) is 5.02 Å². The summed E-state index contributed by atoms with van der Waals surface area (Å²) >= 11 is 6.14. The molecule has 0 bridgehead atoms. The lowest BCUT2D eigenvalue weighted by Crippen LogP contribution is -2.37. The van der Waals surface area contributed by atoms with Gasteiger partial charge in [-0.15, -0.1) is 0 Å². The van der Waals surface area contributed by atoms with Crippen LogP contribution in [-0.2, 0) is 10.0 Å². The van der Waals surface area contributed by atoms with Crippen molar-refractivity contribution in [2.75, 3.05) is 41.7 Å². The first-order valence-corrected chi connectivity index (χ1v) is 11.9. The lowest BCUT2D eigenvalue weighted by Gasteiger charge is -2.22. The molecule has 1 amide bonds. The third-order valence-corrected chi connectivity index (χ3v) is 7.61. The van der Waals surface area contributed by atoms with E-state index < -0.39 is 10.0 Å². The van der Waals surface area contributed by atoms with Crippen LogP contribution in [0.3, 0.4) is 0 Å². The zero-order valence-corrected chi connectivity index (χ0v) is 18.2. The van der Waals surface area contributed by atoms with Crippen molar-refractivity contribution < 1.29 is 17.9 Å². The molecule has 1 N–H and O–H groups in total. The van der Waals surface area contributed by atoms with Crippen LogP contribution < -0.4 is 19.3 Å². The normalized spacial score (nSPS) is 20.4. The molecule has 9 heteroatoms. The fraction of sp³-hybridized carbons (Fsp3) is 0.381. The summed E-state index contributed by atoms with van der Waals surface area (Å²) in [6.45, 7) is 1.86. The van der Waals surface area contributed by atoms with Crippen LogP contribution in [0.5, 0.6) is 5.75 Å². The summed E-state index contributed by atoms with van der Waals surface area (Å²) in [5.41, 5.74) is 1.90. The van der Waals surface area contributed by atoms with Gasteiger partial charge in [0.05, 0.1) is 24.2 Å². The SMILES string of the molecule is COc1ccc(Cl)cc1N1CCC(NC(=O)c2cccc(N3CCCS3(=O)=O)c2)C1. The number of sulfonamides is 1. The van der Waals surface area contributed by atoms with E-state index >= 15 is 0 Å². The van der Waals surface area contributed by atoms with E-state index in [9.17, 15) is 13.2 Å². The molecule has 2 aliphatic heterocycles. The lowest BCUT2D eigenvalue weighted by molar-refractivity contribution is 0.0940. The minimum atomic E-state index is -3.28. The topological polar surface area (TPSA) is 79.0 Å². The Labute approximate surface area is 181 Å². The van der Waals surface area contributed by atoms with E-state index in [0.717, 1.165) is 24.4 Å². The van der Waals surface area contributed by atoms with Gasteiger partial charge >= 0.3 is 0 Å². The van der Waals surface area contributed by atoms with Crippen molar-refractivity contribution >= 4 is 38.9 Å². The van der Waals surface area contributed by atoms with Crippen LogP contribution >= 0.6 is 11.6 Å². The zero-order valence-electron chi connectivity index (χ0n) is 16.7. The maximum absolute atomic E-state index is 12.8. The summed E-state index contributed by atoms with van der Waals surface area (Å²) in [6.07, 6.45) is 1.39. The number of carbonyl (C=O) groups is 1. The molecule has 30 heavy (non-hydrogen) atoms. The molecular formula is C21H24ClN3O4S. The Morgan fingerprint density at radius 2 is 2.03 bits per heavy atom. The largest absolute Gasteiger partial charge is 0.495 e. The van der Waals surface area contributed by atoms with Crippen LogP contribution in [0, 0.1) is 0 Å². The van der Waals surface area contributed by atoms with E-state index in [4.69, 9.17) is 16.3 Å². The molecule has 7 nitrogen and oxygen atoms in total. The molecule has 2 aliphatic rings. The highest BCUT2D eigenvalue weighted by atomic mass is 35.5. The summed E-state index contributed by atoms with van der Waals surface area (Å²) in [5, 5.41) is 3.69. The predicted molar refractivity (Wildman–Crippen MR) is 118 cm³/mol. The molecule has 160 valence electrons. The average molecular weight is 450 g/mol. The highest BCUT2D eigenvalue weighted by Crippen LogP contribution is 2.33. The number of benzene rings is 2. The lowest BCUT2D eigenvalue weighted by atomic mass is 10.1. The van der Waals surface area contributed by atoms with Gasteiger partial charge in [0.2, 0.25) is 10.0 Å². The molecular weight excluding hydrogens is 426 g/mol. The van der Waals surface area contributed by atoms with E-state index in [1.165, 1.54) is 4.31 Å². The van der Waals surface area contributed by atoms with E-state index in [-0.39, 0.29) is 17.7 Å². The molecule has 0 saturated carbocycles. The first-order valence-electron chi connectivity index (χ1n) is 9.87. The molecule has 2 saturated heterocycles. The van der Waals surface area contributed by atoms with Gasteiger partial charge in [0, 0.05) is 36.3 Å². The summed E-state index contributed by atoms with van der Waals surface area (Å²) in [6, 6.07) is 12.2. The molecule has 0 aromatic heterocycles. The molecule has 2 aromatic rings. The van der Waals surface area contributed by atoms with E-state index in [1.54, 1.807) is 37.4 Å². The number of amides is 1. The summed E-state index contributed by atoms with van der Waals surface area (Å²) in [7, 11) is -1.66. The van der Waals surface area contributed by atoms with Gasteiger partial charge < -0.3 is 15.0 Å². The second-order valence-electron chi connectivity index (χ2n) is 7.51. The fourth-order valence-electron chi connectivity index (χ4n) is 4.01. The third kappa shape index (κ3) is 4.20. The number of methoxy groups -OCH3 is 1.